The Morgan fingerprint density at radius 3 is 2.44 bits per heavy atom. The second-order valence-electron chi connectivity index (χ2n) is 7.71. The van der Waals surface area contributed by atoms with E-state index in [1.54, 1.807) is 36.4 Å². The summed E-state index contributed by atoms with van der Waals surface area (Å²) in [7, 11) is 0. The van der Waals surface area contributed by atoms with Crippen LogP contribution in [0.5, 0.6) is 11.5 Å². The lowest BCUT2D eigenvalue weighted by atomic mass is 10.2. The maximum Gasteiger partial charge on any atom is 0.329 e. The lowest BCUT2D eigenvalue weighted by Gasteiger charge is -2.12. The molecule has 3 amide bonds. The maximum atomic E-state index is 12.1. The SMILES string of the molecule is CCOc1cc(/C=N\NC(=O)C(=O)Nc2cccc(C)c2)ccc1OCC(=O)NCc1ccccc1. The third-order valence-electron chi connectivity index (χ3n) is 4.82. The van der Waals surface area contributed by atoms with Gasteiger partial charge in [-0.3, -0.25) is 14.4 Å². The lowest BCUT2D eigenvalue weighted by molar-refractivity contribution is -0.136. The fourth-order valence-corrected chi connectivity index (χ4v) is 3.11. The zero-order valence-corrected chi connectivity index (χ0v) is 20.1. The molecule has 0 saturated heterocycles. The number of hydrazone groups is 1. The van der Waals surface area contributed by atoms with Crippen molar-refractivity contribution in [2.45, 2.75) is 20.4 Å². The van der Waals surface area contributed by atoms with E-state index >= 15 is 0 Å². The number of nitrogens with one attached hydrogen (secondary N) is 3. The summed E-state index contributed by atoms with van der Waals surface area (Å²) >= 11 is 0. The van der Waals surface area contributed by atoms with Crippen LogP contribution in [-0.2, 0) is 20.9 Å². The fraction of sp³-hybridized carbons (Fsp3) is 0.185. The maximum absolute atomic E-state index is 12.1. The van der Waals surface area contributed by atoms with Crippen LogP contribution in [0, 0.1) is 6.92 Å². The number of hydrogen-bond donors (Lipinski definition) is 3. The molecule has 0 spiro atoms. The van der Waals surface area contributed by atoms with Gasteiger partial charge in [-0.05, 0) is 60.9 Å². The van der Waals surface area contributed by atoms with Crippen LogP contribution >= 0.6 is 0 Å². The van der Waals surface area contributed by atoms with E-state index in [1.807, 2.05) is 50.2 Å². The Balaban J connectivity index is 1.52. The highest BCUT2D eigenvalue weighted by Gasteiger charge is 2.13. The normalized spacial score (nSPS) is 10.5. The highest BCUT2D eigenvalue weighted by atomic mass is 16.5. The number of rotatable bonds is 10. The van der Waals surface area contributed by atoms with Crippen LogP contribution in [0.15, 0.2) is 77.9 Å². The number of hydrogen-bond acceptors (Lipinski definition) is 6. The van der Waals surface area contributed by atoms with Crippen molar-refractivity contribution in [2.24, 2.45) is 5.10 Å². The Labute approximate surface area is 209 Å². The molecular formula is C27H28N4O5. The molecule has 0 unspecified atom stereocenters. The van der Waals surface area contributed by atoms with Crippen LogP contribution in [-0.4, -0.2) is 37.1 Å². The van der Waals surface area contributed by atoms with Gasteiger partial charge in [-0.15, -0.1) is 0 Å². The summed E-state index contributed by atoms with van der Waals surface area (Å²) in [6, 6.07) is 21.7. The Bertz CT molecular complexity index is 1230. The van der Waals surface area contributed by atoms with Crippen LogP contribution in [0.2, 0.25) is 0 Å². The zero-order chi connectivity index (χ0) is 25.8. The van der Waals surface area contributed by atoms with Gasteiger partial charge in [0.2, 0.25) is 0 Å². The number of carbonyl (C=O) groups excluding carboxylic acids is 3. The highest BCUT2D eigenvalue weighted by molar-refractivity contribution is 6.39. The molecule has 0 fully saturated rings. The van der Waals surface area contributed by atoms with E-state index in [2.05, 4.69) is 21.2 Å². The Hall–Kier alpha value is -4.66. The molecule has 0 radical (unpaired) electrons. The number of carbonyl (C=O) groups is 3. The largest absolute Gasteiger partial charge is 0.490 e. The van der Waals surface area contributed by atoms with E-state index in [9.17, 15) is 14.4 Å². The second kappa shape index (κ2) is 13.3. The molecule has 0 aliphatic carbocycles. The molecule has 3 aromatic carbocycles. The average Bonchev–Trinajstić information content (AvgIpc) is 2.87. The fourth-order valence-electron chi connectivity index (χ4n) is 3.11. The summed E-state index contributed by atoms with van der Waals surface area (Å²) in [5, 5.41) is 9.14. The van der Waals surface area contributed by atoms with Crippen molar-refractivity contribution in [3.8, 4) is 11.5 Å². The molecule has 0 aliphatic rings. The van der Waals surface area contributed by atoms with Crippen molar-refractivity contribution < 1.29 is 23.9 Å². The first-order valence-corrected chi connectivity index (χ1v) is 11.4. The van der Waals surface area contributed by atoms with Crippen molar-refractivity contribution in [1.82, 2.24) is 10.7 Å². The van der Waals surface area contributed by atoms with Crippen molar-refractivity contribution in [3.63, 3.8) is 0 Å². The zero-order valence-electron chi connectivity index (χ0n) is 20.1. The van der Waals surface area contributed by atoms with Crippen molar-refractivity contribution >= 4 is 29.6 Å². The monoisotopic (exact) mass is 488 g/mol. The van der Waals surface area contributed by atoms with Gasteiger partial charge in [0.1, 0.15) is 0 Å². The second-order valence-corrected chi connectivity index (χ2v) is 7.71. The number of nitrogens with zero attached hydrogens (tertiary/aromatic N) is 1. The van der Waals surface area contributed by atoms with Gasteiger partial charge in [0.15, 0.2) is 18.1 Å². The van der Waals surface area contributed by atoms with Gasteiger partial charge < -0.3 is 20.1 Å². The van der Waals surface area contributed by atoms with Gasteiger partial charge in [-0.2, -0.15) is 5.10 Å². The molecule has 36 heavy (non-hydrogen) atoms. The number of ether oxygens (including phenoxy) is 2. The average molecular weight is 489 g/mol. The van der Waals surface area contributed by atoms with Crippen LogP contribution < -0.4 is 25.5 Å². The standard InChI is InChI=1S/C27H28N4O5/c1-3-35-24-15-21(17-29-31-27(34)26(33)30-22-11-7-8-19(2)14-22)12-13-23(24)36-18-25(32)28-16-20-9-5-4-6-10-20/h4-15,17H,3,16,18H2,1-2H3,(H,28,32)(H,30,33)(H,31,34)/b29-17-. The molecule has 0 saturated carbocycles. The first-order chi connectivity index (χ1) is 17.4. The number of anilines is 1. The first kappa shape index (κ1) is 26.0. The molecule has 9 nitrogen and oxygen atoms in total. The third-order valence-corrected chi connectivity index (χ3v) is 4.82. The van der Waals surface area contributed by atoms with Gasteiger partial charge in [0.05, 0.1) is 12.8 Å². The molecule has 3 N–H and O–H groups in total. The number of benzene rings is 3. The Morgan fingerprint density at radius 2 is 1.69 bits per heavy atom. The predicted molar refractivity (Wildman–Crippen MR) is 137 cm³/mol. The Morgan fingerprint density at radius 1 is 0.889 bits per heavy atom. The predicted octanol–water partition coefficient (Wildman–Crippen LogP) is 3.18. The molecule has 0 bridgehead atoms. The van der Waals surface area contributed by atoms with E-state index < -0.39 is 11.8 Å². The van der Waals surface area contributed by atoms with Crippen LogP contribution in [0.3, 0.4) is 0 Å². The topological polar surface area (TPSA) is 118 Å². The summed E-state index contributed by atoms with van der Waals surface area (Å²) in [5.74, 6) is -1.19. The van der Waals surface area contributed by atoms with Crippen molar-refractivity contribution in [3.05, 3.63) is 89.5 Å². The quantitative estimate of drug-likeness (QED) is 0.230. The minimum absolute atomic E-state index is 0.174. The molecule has 3 rings (SSSR count). The van der Waals surface area contributed by atoms with Gasteiger partial charge >= 0.3 is 11.8 Å². The molecule has 0 aliphatic heterocycles. The molecule has 9 heteroatoms. The minimum atomic E-state index is -0.903. The summed E-state index contributed by atoms with van der Waals surface area (Å²) in [5.41, 5.74) is 5.25. The first-order valence-electron chi connectivity index (χ1n) is 11.4. The van der Waals surface area contributed by atoms with Crippen LogP contribution in [0.25, 0.3) is 0 Å². The summed E-state index contributed by atoms with van der Waals surface area (Å²) in [6.45, 7) is 4.32. The van der Waals surface area contributed by atoms with Crippen molar-refractivity contribution in [2.75, 3.05) is 18.5 Å². The van der Waals surface area contributed by atoms with Crippen LogP contribution in [0.4, 0.5) is 5.69 Å². The summed E-state index contributed by atoms with van der Waals surface area (Å²) in [4.78, 5) is 36.2. The molecule has 0 heterocycles. The van der Waals surface area contributed by atoms with Crippen LogP contribution in [0.1, 0.15) is 23.6 Å². The lowest BCUT2D eigenvalue weighted by Crippen LogP contribution is -2.32. The van der Waals surface area contributed by atoms with Gasteiger partial charge in [-0.25, -0.2) is 5.43 Å². The smallest absolute Gasteiger partial charge is 0.329 e. The molecule has 0 atom stereocenters. The number of aryl methyl sites for hydroxylation is 1. The minimum Gasteiger partial charge on any atom is -0.490 e. The Kier molecular flexibility index (Phi) is 9.58. The third kappa shape index (κ3) is 8.28. The summed E-state index contributed by atoms with van der Waals surface area (Å²) in [6.07, 6.45) is 1.37. The highest BCUT2D eigenvalue weighted by Crippen LogP contribution is 2.28. The van der Waals surface area contributed by atoms with Gasteiger partial charge in [-0.1, -0.05) is 42.5 Å². The molecular weight excluding hydrogens is 460 g/mol. The summed E-state index contributed by atoms with van der Waals surface area (Å²) < 4.78 is 11.2. The van der Waals surface area contributed by atoms with E-state index in [0.717, 1.165) is 11.1 Å². The molecule has 0 aromatic heterocycles. The van der Waals surface area contributed by atoms with Crippen molar-refractivity contribution in [1.29, 1.82) is 0 Å². The van der Waals surface area contributed by atoms with E-state index in [-0.39, 0.29) is 12.5 Å². The van der Waals surface area contributed by atoms with E-state index in [4.69, 9.17) is 9.47 Å². The number of amides is 3. The molecule has 3 aromatic rings. The molecule has 186 valence electrons. The van der Waals surface area contributed by atoms with Gasteiger partial charge in [0.25, 0.3) is 5.91 Å². The van der Waals surface area contributed by atoms with E-state index in [1.165, 1.54) is 6.21 Å². The van der Waals surface area contributed by atoms with E-state index in [0.29, 0.717) is 35.9 Å². The van der Waals surface area contributed by atoms with Gasteiger partial charge in [0, 0.05) is 12.2 Å².